The SMILES string of the molecule is Cc1cccc(-c2cccc3[nH]c(-c4n[nH]c5ccc(-c6cncc(OCCN(C)C)c6)nc45)nc23)c1. The van der Waals surface area contributed by atoms with Crippen LogP contribution in [0.2, 0.25) is 0 Å². The Balaban J connectivity index is 1.38. The molecule has 8 nitrogen and oxygen atoms in total. The summed E-state index contributed by atoms with van der Waals surface area (Å²) in [5.74, 6) is 1.39. The van der Waals surface area contributed by atoms with Crippen LogP contribution in [0.4, 0.5) is 0 Å². The van der Waals surface area contributed by atoms with E-state index in [1.165, 1.54) is 5.56 Å². The van der Waals surface area contributed by atoms with E-state index >= 15 is 0 Å². The molecule has 4 aromatic heterocycles. The van der Waals surface area contributed by atoms with Crippen LogP contribution in [0.25, 0.3) is 56.0 Å². The third kappa shape index (κ3) is 4.54. The van der Waals surface area contributed by atoms with Crippen molar-refractivity contribution in [2.24, 2.45) is 0 Å². The largest absolute Gasteiger partial charge is 0.491 e. The van der Waals surface area contributed by atoms with Gasteiger partial charge in [0.25, 0.3) is 0 Å². The molecule has 0 radical (unpaired) electrons. The van der Waals surface area contributed by atoms with E-state index in [0.717, 1.165) is 56.7 Å². The summed E-state index contributed by atoms with van der Waals surface area (Å²) in [6.45, 7) is 3.52. The molecule has 4 heterocycles. The van der Waals surface area contributed by atoms with Crippen molar-refractivity contribution in [3.05, 3.63) is 78.6 Å². The summed E-state index contributed by atoms with van der Waals surface area (Å²) in [7, 11) is 4.04. The maximum atomic E-state index is 5.87. The fourth-order valence-electron chi connectivity index (χ4n) is 4.40. The lowest BCUT2D eigenvalue weighted by Gasteiger charge is -2.11. The molecule has 6 aromatic rings. The highest BCUT2D eigenvalue weighted by atomic mass is 16.5. The molecule has 0 aliphatic rings. The lowest BCUT2D eigenvalue weighted by Crippen LogP contribution is -2.19. The van der Waals surface area contributed by atoms with E-state index in [1.807, 2.05) is 44.4 Å². The van der Waals surface area contributed by atoms with Crippen LogP contribution in [-0.4, -0.2) is 62.3 Å². The van der Waals surface area contributed by atoms with Gasteiger partial charge in [-0.05, 0) is 50.8 Å². The maximum Gasteiger partial charge on any atom is 0.161 e. The van der Waals surface area contributed by atoms with Gasteiger partial charge in [0.05, 0.1) is 28.4 Å². The third-order valence-electron chi connectivity index (χ3n) is 6.29. The van der Waals surface area contributed by atoms with Gasteiger partial charge < -0.3 is 14.6 Å². The highest BCUT2D eigenvalue weighted by Gasteiger charge is 2.17. The molecule has 0 saturated carbocycles. The van der Waals surface area contributed by atoms with E-state index in [0.29, 0.717) is 18.1 Å². The summed E-state index contributed by atoms with van der Waals surface area (Å²) in [5, 5.41) is 7.66. The van der Waals surface area contributed by atoms with Crippen LogP contribution < -0.4 is 4.74 Å². The number of fused-ring (bicyclic) bond motifs is 2. The van der Waals surface area contributed by atoms with E-state index in [4.69, 9.17) is 14.7 Å². The van der Waals surface area contributed by atoms with E-state index < -0.39 is 0 Å². The van der Waals surface area contributed by atoms with Crippen molar-refractivity contribution in [2.45, 2.75) is 6.92 Å². The minimum atomic E-state index is 0.590. The number of H-pyrrole nitrogens is 2. The second kappa shape index (κ2) is 9.48. The number of ether oxygens (including phenoxy) is 1. The van der Waals surface area contributed by atoms with Crippen LogP contribution in [0.1, 0.15) is 5.56 Å². The standard InChI is InChI=1S/C29H27N7O/c1-18-6-4-7-19(14-18)22-8-5-9-24-26(22)33-29(32-24)28-27-25(34-35-28)11-10-23(31-27)20-15-21(17-30-16-20)37-13-12-36(2)3/h4-11,14-17H,12-13H2,1-3H3,(H,32,33)(H,34,35). The first-order valence-corrected chi connectivity index (χ1v) is 12.2. The van der Waals surface area contributed by atoms with E-state index in [9.17, 15) is 0 Å². The molecule has 2 N–H and O–H groups in total. The molecule has 0 amide bonds. The topological polar surface area (TPSA) is 95.6 Å². The summed E-state index contributed by atoms with van der Waals surface area (Å²) in [4.78, 5) is 19.8. The molecule has 0 atom stereocenters. The number of nitrogens with zero attached hydrogens (tertiary/aromatic N) is 5. The number of aromatic amines is 2. The first-order chi connectivity index (χ1) is 18.0. The third-order valence-corrected chi connectivity index (χ3v) is 6.29. The lowest BCUT2D eigenvalue weighted by atomic mass is 10.0. The molecule has 184 valence electrons. The number of nitrogens with one attached hydrogen (secondary N) is 2. The molecular weight excluding hydrogens is 462 g/mol. The number of pyridine rings is 2. The number of aromatic nitrogens is 6. The van der Waals surface area contributed by atoms with Gasteiger partial charge in [-0.15, -0.1) is 0 Å². The van der Waals surface area contributed by atoms with Gasteiger partial charge in [0, 0.05) is 23.9 Å². The molecule has 0 aliphatic heterocycles. The monoisotopic (exact) mass is 489 g/mol. The van der Waals surface area contributed by atoms with Gasteiger partial charge in [-0.2, -0.15) is 5.10 Å². The molecule has 0 spiro atoms. The first-order valence-electron chi connectivity index (χ1n) is 12.2. The van der Waals surface area contributed by atoms with E-state index in [1.54, 1.807) is 12.4 Å². The smallest absolute Gasteiger partial charge is 0.161 e. The van der Waals surface area contributed by atoms with Crippen LogP contribution >= 0.6 is 0 Å². The Labute approximate surface area is 214 Å². The highest BCUT2D eigenvalue weighted by Crippen LogP contribution is 2.32. The van der Waals surface area contributed by atoms with E-state index in [-0.39, 0.29) is 0 Å². The Hall–Kier alpha value is -4.56. The van der Waals surface area contributed by atoms with Gasteiger partial charge in [-0.25, -0.2) is 9.97 Å². The van der Waals surface area contributed by atoms with Crippen LogP contribution in [-0.2, 0) is 0 Å². The Morgan fingerprint density at radius 1 is 0.865 bits per heavy atom. The molecule has 8 heteroatoms. The summed E-state index contributed by atoms with van der Waals surface area (Å²) in [6.07, 6.45) is 3.52. The first kappa shape index (κ1) is 22.9. The Morgan fingerprint density at radius 2 is 1.76 bits per heavy atom. The fourth-order valence-corrected chi connectivity index (χ4v) is 4.40. The van der Waals surface area contributed by atoms with Gasteiger partial charge in [-0.1, -0.05) is 42.0 Å². The van der Waals surface area contributed by atoms with Gasteiger partial charge in [-0.3, -0.25) is 10.1 Å². The normalized spacial score (nSPS) is 11.6. The molecule has 2 aromatic carbocycles. The van der Waals surface area contributed by atoms with Crippen LogP contribution in [0.15, 0.2) is 73.1 Å². The molecule has 0 saturated heterocycles. The van der Waals surface area contributed by atoms with Crippen molar-refractivity contribution in [3.8, 4) is 39.7 Å². The van der Waals surface area contributed by atoms with Crippen LogP contribution in [0, 0.1) is 6.92 Å². The number of imidazole rings is 1. The number of hydrogen-bond donors (Lipinski definition) is 2. The number of benzene rings is 2. The quantitative estimate of drug-likeness (QED) is 0.308. The van der Waals surface area contributed by atoms with Crippen molar-refractivity contribution in [1.29, 1.82) is 0 Å². The number of likely N-dealkylation sites (N-methyl/N-ethyl adjacent to an activating group) is 1. The average Bonchev–Trinajstić information content (AvgIpc) is 3.52. The molecule has 0 aliphatic carbocycles. The summed E-state index contributed by atoms with van der Waals surface area (Å²) in [5.41, 5.74) is 9.20. The molecule has 0 fully saturated rings. The molecule has 37 heavy (non-hydrogen) atoms. The number of rotatable bonds is 7. The molecule has 6 rings (SSSR count). The number of hydrogen-bond acceptors (Lipinski definition) is 6. The molecular formula is C29H27N7O. The predicted molar refractivity (Wildman–Crippen MR) is 146 cm³/mol. The number of para-hydroxylation sites is 1. The molecule has 0 bridgehead atoms. The van der Waals surface area contributed by atoms with Crippen LogP contribution in [0.5, 0.6) is 5.75 Å². The van der Waals surface area contributed by atoms with Crippen molar-refractivity contribution in [1.82, 2.24) is 35.0 Å². The second-order valence-electron chi connectivity index (χ2n) is 9.38. The zero-order valence-corrected chi connectivity index (χ0v) is 21.0. The fraction of sp³-hybridized carbons (Fsp3) is 0.172. The highest BCUT2D eigenvalue weighted by molar-refractivity contribution is 5.96. The average molecular weight is 490 g/mol. The van der Waals surface area contributed by atoms with Gasteiger partial charge in [0.1, 0.15) is 17.9 Å². The zero-order valence-electron chi connectivity index (χ0n) is 21.0. The second-order valence-corrected chi connectivity index (χ2v) is 9.38. The zero-order chi connectivity index (χ0) is 25.4. The Morgan fingerprint density at radius 3 is 2.62 bits per heavy atom. The van der Waals surface area contributed by atoms with E-state index in [2.05, 4.69) is 62.3 Å². The van der Waals surface area contributed by atoms with Crippen LogP contribution in [0.3, 0.4) is 0 Å². The van der Waals surface area contributed by atoms with Gasteiger partial charge in [0.15, 0.2) is 11.5 Å². The minimum Gasteiger partial charge on any atom is -0.491 e. The Kier molecular flexibility index (Phi) is 5.86. The van der Waals surface area contributed by atoms with Crippen molar-refractivity contribution >= 4 is 22.1 Å². The predicted octanol–water partition coefficient (Wildman–Crippen LogP) is 5.48. The summed E-state index contributed by atoms with van der Waals surface area (Å²) < 4.78 is 5.87. The minimum absolute atomic E-state index is 0.590. The molecule has 0 unspecified atom stereocenters. The Bertz CT molecular complexity index is 1720. The lowest BCUT2D eigenvalue weighted by molar-refractivity contribution is 0.261. The van der Waals surface area contributed by atoms with Gasteiger partial charge >= 0.3 is 0 Å². The van der Waals surface area contributed by atoms with Gasteiger partial charge in [0.2, 0.25) is 0 Å². The number of aryl methyl sites for hydroxylation is 1. The summed E-state index contributed by atoms with van der Waals surface area (Å²) >= 11 is 0. The van der Waals surface area contributed by atoms with Crippen molar-refractivity contribution in [3.63, 3.8) is 0 Å². The maximum absolute atomic E-state index is 5.87. The van der Waals surface area contributed by atoms with Crippen molar-refractivity contribution < 1.29 is 4.74 Å². The van der Waals surface area contributed by atoms with Crippen molar-refractivity contribution in [2.75, 3.05) is 27.2 Å². The summed E-state index contributed by atoms with van der Waals surface area (Å²) in [6, 6.07) is 20.5.